The number of pyridine rings is 2. The Hall–Kier alpha value is -4.51. The zero-order valence-electron chi connectivity index (χ0n) is 20.1. The highest BCUT2D eigenvalue weighted by Crippen LogP contribution is 2.38. The maximum Gasteiger partial charge on any atom is 0.155 e. The number of fused-ring (bicyclic) bond motifs is 2. The molecule has 180 valence electrons. The lowest BCUT2D eigenvalue weighted by Gasteiger charge is -2.33. The number of imidazole rings is 1. The molecular weight excluding hydrogens is 454 g/mol. The highest BCUT2D eigenvalue weighted by molar-refractivity contribution is 5.89. The Bertz CT molecular complexity index is 1600. The summed E-state index contributed by atoms with van der Waals surface area (Å²) in [6, 6.07) is 15.6. The molecule has 0 bridgehead atoms. The zero-order chi connectivity index (χ0) is 24.6. The van der Waals surface area contributed by atoms with Gasteiger partial charge in [-0.15, -0.1) is 0 Å². The van der Waals surface area contributed by atoms with Crippen molar-refractivity contribution in [3.05, 3.63) is 72.2 Å². The number of methoxy groups -OCH3 is 1. The average Bonchev–Trinajstić information content (AvgIpc) is 3.53. The van der Waals surface area contributed by atoms with Crippen LogP contribution in [0, 0.1) is 18.3 Å². The van der Waals surface area contributed by atoms with Crippen molar-refractivity contribution in [2.45, 2.75) is 25.9 Å². The number of nitrogens with zero attached hydrogens (tertiary/aromatic N) is 5. The molecule has 1 aliphatic rings. The number of aryl methyl sites for hydroxylation is 1. The summed E-state index contributed by atoms with van der Waals surface area (Å²) < 4.78 is 20.3. The third-order valence-electron chi connectivity index (χ3n) is 6.53. The molecular formula is C28H25N5O3. The van der Waals surface area contributed by atoms with Gasteiger partial charge < -0.3 is 23.2 Å². The molecule has 1 unspecified atom stereocenters. The van der Waals surface area contributed by atoms with E-state index in [0.29, 0.717) is 29.2 Å². The smallest absolute Gasteiger partial charge is 0.155 e. The third kappa shape index (κ3) is 4.09. The molecule has 1 atom stereocenters. The minimum absolute atomic E-state index is 0.0250. The van der Waals surface area contributed by atoms with Gasteiger partial charge in [-0.2, -0.15) is 5.26 Å². The predicted molar refractivity (Wildman–Crippen MR) is 137 cm³/mol. The van der Waals surface area contributed by atoms with Crippen molar-refractivity contribution in [3.63, 3.8) is 0 Å². The number of benzene rings is 1. The van der Waals surface area contributed by atoms with Crippen LogP contribution in [0.15, 0.2) is 65.5 Å². The molecule has 8 heteroatoms. The first kappa shape index (κ1) is 22.0. The maximum atomic E-state index is 9.05. The van der Waals surface area contributed by atoms with Crippen molar-refractivity contribution in [2.24, 2.45) is 0 Å². The minimum atomic E-state index is -0.0250. The second kappa shape index (κ2) is 8.93. The lowest BCUT2D eigenvalue weighted by molar-refractivity contribution is 0.181. The van der Waals surface area contributed by atoms with Crippen LogP contribution >= 0.6 is 0 Å². The molecule has 5 heterocycles. The molecule has 1 aromatic carbocycles. The summed E-state index contributed by atoms with van der Waals surface area (Å²) >= 11 is 0. The molecule has 0 aliphatic carbocycles. The van der Waals surface area contributed by atoms with Crippen molar-refractivity contribution in [2.75, 3.05) is 25.1 Å². The number of rotatable bonds is 5. The van der Waals surface area contributed by atoms with E-state index >= 15 is 0 Å². The first-order valence-electron chi connectivity index (χ1n) is 11.9. The molecule has 1 fully saturated rings. The topological polar surface area (TPSA) is 88.8 Å². The van der Waals surface area contributed by atoms with Gasteiger partial charge in [0, 0.05) is 37.3 Å². The Morgan fingerprint density at radius 1 is 1.14 bits per heavy atom. The number of ether oxygens (including phenoxy) is 2. The molecule has 36 heavy (non-hydrogen) atoms. The molecule has 1 aliphatic heterocycles. The van der Waals surface area contributed by atoms with Crippen molar-refractivity contribution in [1.82, 2.24) is 14.4 Å². The van der Waals surface area contributed by atoms with Crippen LogP contribution in [0.5, 0.6) is 11.5 Å². The lowest BCUT2D eigenvalue weighted by Crippen LogP contribution is -2.41. The number of aromatic nitrogens is 3. The molecule has 0 spiro atoms. The number of hydrogen-bond acceptors (Lipinski definition) is 7. The first-order chi connectivity index (χ1) is 17.6. The van der Waals surface area contributed by atoms with E-state index < -0.39 is 0 Å². The third-order valence-corrected chi connectivity index (χ3v) is 6.53. The molecule has 1 saturated heterocycles. The summed E-state index contributed by atoms with van der Waals surface area (Å²) in [5.74, 6) is 2.92. The van der Waals surface area contributed by atoms with E-state index in [0.717, 1.165) is 53.2 Å². The van der Waals surface area contributed by atoms with Crippen LogP contribution in [0.25, 0.3) is 28.1 Å². The largest absolute Gasteiger partial charge is 0.496 e. The summed E-state index contributed by atoms with van der Waals surface area (Å²) in [5.41, 5.74) is 4.03. The molecule has 0 saturated carbocycles. The van der Waals surface area contributed by atoms with Gasteiger partial charge in [0.1, 0.15) is 46.4 Å². The molecule has 6 rings (SSSR count). The summed E-state index contributed by atoms with van der Waals surface area (Å²) in [5, 5.41) is 9.93. The van der Waals surface area contributed by atoms with Gasteiger partial charge in [0.25, 0.3) is 0 Å². The Kier molecular flexibility index (Phi) is 5.45. The van der Waals surface area contributed by atoms with Crippen LogP contribution in [0.3, 0.4) is 0 Å². The number of furan rings is 1. The van der Waals surface area contributed by atoms with Gasteiger partial charge >= 0.3 is 0 Å². The van der Waals surface area contributed by atoms with Crippen LogP contribution in [-0.2, 0) is 0 Å². The Balaban J connectivity index is 1.30. The average molecular weight is 480 g/mol. The normalized spacial score (nSPS) is 15.8. The van der Waals surface area contributed by atoms with Gasteiger partial charge in [-0.05, 0) is 49.6 Å². The summed E-state index contributed by atoms with van der Waals surface area (Å²) in [6.45, 7) is 3.66. The monoisotopic (exact) mass is 479 g/mol. The number of hydrogen-bond donors (Lipinski definition) is 0. The SMILES string of the molecule is COc1cc(OC2CCCN(c3ccc(C#N)cn3)C2)c2cc(-c3cn4cc(C)ccc4n3)oc2c1. The highest BCUT2D eigenvalue weighted by atomic mass is 16.5. The van der Waals surface area contributed by atoms with E-state index in [-0.39, 0.29) is 6.10 Å². The summed E-state index contributed by atoms with van der Waals surface area (Å²) in [4.78, 5) is 11.4. The second-order valence-electron chi connectivity index (χ2n) is 9.09. The van der Waals surface area contributed by atoms with Gasteiger partial charge in [-0.25, -0.2) is 9.97 Å². The molecule has 0 radical (unpaired) electrons. The predicted octanol–water partition coefficient (Wildman–Crippen LogP) is 5.38. The molecule has 5 aromatic rings. The maximum absolute atomic E-state index is 9.05. The number of nitriles is 1. The van der Waals surface area contributed by atoms with Gasteiger partial charge in [-0.3, -0.25) is 0 Å². The van der Waals surface area contributed by atoms with Gasteiger partial charge in [0.15, 0.2) is 5.76 Å². The summed E-state index contributed by atoms with van der Waals surface area (Å²) in [6.07, 6.45) is 7.52. The van der Waals surface area contributed by atoms with Crippen molar-refractivity contribution in [1.29, 1.82) is 5.26 Å². The summed E-state index contributed by atoms with van der Waals surface area (Å²) in [7, 11) is 1.64. The molecule has 0 N–H and O–H groups in total. The minimum Gasteiger partial charge on any atom is -0.496 e. The Morgan fingerprint density at radius 2 is 2.06 bits per heavy atom. The molecule has 8 nitrogen and oxygen atoms in total. The van der Waals surface area contributed by atoms with E-state index in [2.05, 4.69) is 22.9 Å². The highest BCUT2D eigenvalue weighted by Gasteiger charge is 2.24. The Labute approximate surface area is 208 Å². The van der Waals surface area contributed by atoms with Gasteiger partial charge in [0.2, 0.25) is 0 Å². The van der Waals surface area contributed by atoms with E-state index in [4.69, 9.17) is 24.1 Å². The van der Waals surface area contributed by atoms with Crippen LogP contribution in [0.4, 0.5) is 5.82 Å². The van der Waals surface area contributed by atoms with Crippen molar-refractivity contribution in [3.8, 4) is 29.0 Å². The number of piperidine rings is 1. The quantitative estimate of drug-likeness (QED) is 0.334. The van der Waals surface area contributed by atoms with Crippen LogP contribution in [0.2, 0.25) is 0 Å². The molecule has 0 amide bonds. The fourth-order valence-corrected chi connectivity index (χ4v) is 4.71. The second-order valence-corrected chi connectivity index (χ2v) is 9.09. The van der Waals surface area contributed by atoms with Crippen LogP contribution in [0.1, 0.15) is 24.0 Å². The first-order valence-corrected chi connectivity index (χ1v) is 11.9. The van der Waals surface area contributed by atoms with Crippen LogP contribution < -0.4 is 14.4 Å². The van der Waals surface area contributed by atoms with Crippen LogP contribution in [-0.4, -0.2) is 40.7 Å². The van der Waals surface area contributed by atoms with Gasteiger partial charge in [-0.1, -0.05) is 6.07 Å². The van der Waals surface area contributed by atoms with E-state index in [9.17, 15) is 0 Å². The van der Waals surface area contributed by atoms with Crippen molar-refractivity contribution >= 4 is 22.4 Å². The fourth-order valence-electron chi connectivity index (χ4n) is 4.71. The van der Waals surface area contributed by atoms with Crippen molar-refractivity contribution < 1.29 is 13.9 Å². The fraction of sp³-hybridized carbons (Fsp3) is 0.250. The Morgan fingerprint density at radius 3 is 2.86 bits per heavy atom. The van der Waals surface area contributed by atoms with Gasteiger partial charge in [0.05, 0.1) is 24.6 Å². The van der Waals surface area contributed by atoms with E-state index in [1.165, 1.54) is 0 Å². The zero-order valence-corrected chi connectivity index (χ0v) is 20.1. The van der Waals surface area contributed by atoms with E-state index in [1.54, 1.807) is 19.4 Å². The lowest BCUT2D eigenvalue weighted by atomic mass is 10.1. The number of anilines is 1. The standard InChI is InChI=1S/C28H25N5O3/c1-18-5-7-28-31-23(17-33(28)15-18)26-12-22-24(10-21(34-2)11-25(22)36-26)35-20-4-3-9-32(16-20)27-8-6-19(13-29)14-30-27/h5-8,10-12,14-15,17,20H,3-4,9,16H2,1-2H3. The van der Waals surface area contributed by atoms with E-state index in [1.807, 2.05) is 53.2 Å². The molecule has 4 aromatic heterocycles.